The summed E-state index contributed by atoms with van der Waals surface area (Å²) in [5.41, 5.74) is 1.00. The van der Waals surface area contributed by atoms with Crippen molar-refractivity contribution in [2.75, 3.05) is 6.79 Å². The van der Waals surface area contributed by atoms with Crippen LogP contribution in [0.25, 0.3) is 15.5 Å². The summed E-state index contributed by atoms with van der Waals surface area (Å²) in [5.74, 6) is 2.42. The third kappa shape index (κ3) is 1.58. The molecule has 0 saturated heterocycles. The largest absolute Gasteiger partial charge is 0.454 e. The van der Waals surface area contributed by atoms with Gasteiger partial charge in [-0.1, -0.05) is 18.3 Å². The number of aryl methyl sites for hydroxylation is 1. The maximum Gasteiger partial charge on any atom is 0.234 e. The summed E-state index contributed by atoms with van der Waals surface area (Å²) in [5, 5.41) is 13.7. The maximum absolute atomic E-state index is 5.38. The van der Waals surface area contributed by atoms with E-state index in [-0.39, 0.29) is 6.79 Å². The highest BCUT2D eigenvalue weighted by Gasteiger charge is 2.17. The van der Waals surface area contributed by atoms with Crippen LogP contribution < -0.4 is 9.47 Å². The van der Waals surface area contributed by atoms with Crippen molar-refractivity contribution in [1.29, 1.82) is 0 Å². The molecule has 1 aliphatic heterocycles. The monoisotopic (exact) mass is 274 g/mol. The summed E-state index contributed by atoms with van der Waals surface area (Å²) in [6.07, 6.45) is 0.811. The van der Waals surface area contributed by atoms with E-state index in [9.17, 15) is 0 Å². The fourth-order valence-electron chi connectivity index (χ4n) is 2.02. The molecule has 0 aliphatic carbocycles. The molecule has 2 aromatic heterocycles. The van der Waals surface area contributed by atoms with Gasteiger partial charge in [0.1, 0.15) is 5.01 Å². The SMILES string of the molecule is CCc1nnc2sc(-c3ccc4c(c3)OCO4)nn12. The Morgan fingerprint density at radius 1 is 1.26 bits per heavy atom. The second-order valence-corrected chi connectivity index (χ2v) is 5.10. The summed E-state index contributed by atoms with van der Waals surface area (Å²) in [7, 11) is 0. The highest BCUT2D eigenvalue weighted by atomic mass is 32.1. The fourth-order valence-corrected chi connectivity index (χ4v) is 2.88. The summed E-state index contributed by atoms with van der Waals surface area (Å²) in [6.45, 7) is 2.32. The highest BCUT2D eigenvalue weighted by molar-refractivity contribution is 7.19. The minimum absolute atomic E-state index is 0.282. The number of benzene rings is 1. The first-order valence-electron chi connectivity index (χ1n) is 5.96. The van der Waals surface area contributed by atoms with Gasteiger partial charge in [-0.2, -0.15) is 9.61 Å². The Morgan fingerprint density at radius 2 is 2.16 bits per heavy atom. The van der Waals surface area contributed by atoms with Crippen LogP contribution in [0.4, 0.5) is 0 Å². The summed E-state index contributed by atoms with van der Waals surface area (Å²) in [6, 6.07) is 5.82. The second-order valence-electron chi connectivity index (χ2n) is 4.14. The van der Waals surface area contributed by atoms with Crippen molar-refractivity contribution in [1.82, 2.24) is 19.8 Å². The van der Waals surface area contributed by atoms with E-state index >= 15 is 0 Å². The average Bonchev–Trinajstić information content (AvgIpc) is 3.12. The smallest absolute Gasteiger partial charge is 0.234 e. The van der Waals surface area contributed by atoms with Crippen LogP contribution in [0.1, 0.15) is 12.7 Å². The lowest BCUT2D eigenvalue weighted by molar-refractivity contribution is 0.174. The number of ether oxygens (including phenoxy) is 2. The minimum Gasteiger partial charge on any atom is -0.454 e. The van der Waals surface area contributed by atoms with Crippen LogP contribution in [0.5, 0.6) is 11.5 Å². The number of fused-ring (bicyclic) bond motifs is 2. The van der Waals surface area contributed by atoms with E-state index in [0.717, 1.165) is 39.3 Å². The molecule has 96 valence electrons. The fraction of sp³-hybridized carbons (Fsp3) is 0.250. The lowest BCUT2D eigenvalue weighted by Crippen LogP contribution is -1.93. The quantitative estimate of drug-likeness (QED) is 0.716. The van der Waals surface area contributed by atoms with E-state index in [1.807, 2.05) is 25.1 Å². The molecule has 0 fully saturated rings. The number of nitrogens with zero attached hydrogens (tertiary/aromatic N) is 4. The molecule has 6 nitrogen and oxygen atoms in total. The lowest BCUT2D eigenvalue weighted by atomic mass is 10.2. The molecule has 0 atom stereocenters. The van der Waals surface area contributed by atoms with Gasteiger partial charge in [0, 0.05) is 12.0 Å². The maximum atomic E-state index is 5.38. The standard InChI is InChI=1S/C12H10N4O2S/c1-2-10-13-14-12-16(10)15-11(19-12)7-3-4-8-9(5-7)18-6-17-8/h3-5H,2,6H2,1H3. The van der Waals surface area contributed by atoms with Gasteiger partial charge in [-0.05, 0) is 18.2 Å². The Balaban J connectivity index is 1.83. The zero-order valence-electron chi connectivity index (χ0n) is 10.2. The molecule has 3 heterocycles. The summed E-state index contributed by atoms with van der Waals surface area (Å²) < 4.78 is 12.5. The Morgan fingerprint density at radius 3 is 3.05 bits per heavy atom. The molecule has 1 aromatic carbocycles. The highest BCUT2D eigenvalue weighted by Crippen LogP contribution is 2.36. The zero-order valence-corrected chi connectivity index (χ0v) is 11.0. The third-order valence-corrected chi connectivity index (χ3v) is 3.94. The van der Waals surface area contributed by atoms with Gasteiger partial charge in [-0.3, -0.25) is 0 Å². The van der Waals surface area contributed by atoms with E-state index in [2.05, 4.69) is 15.3 Å². The van der Waals surface area contributed by atoms with Crippen molar-refractivity contribution in [3.05, 3.63) is 24.0 Å². The molecule has 19 heavy (non-hydrogen) atoms. The van der Waals surface area contributed by atoms with Crippen LogP contribution >= 0.6 is 11.3 Å². The van der Waals surface area contributed by atoms with Crippen molar-refractivity contribution < 1.29 is 9.47 Å². The first-order chi connectivity index (χ1) is 9.35. The number of rotatable bonds is 2. The van der Waals surface area contributed by atoms with E-state index in [0.29, 0.717) is 0 Å². The molecule has 0 amide bonds. The van der Waals surface area contributed by atoms with Gasteiger partial charge in [0.05, 0.1) is 0 Å². The molecular formula is C12H10N4O2S. The Hall–Kier alpha value is -2.15. The molecule has 0 unspecified atom stereocenters. The van der Waals surface area contributed by atoms with Crippen molar-refractivity contribution in [3.8, 4) is 22.1 Å². The second kappa shape index (κ2) is 3.92. The van der Waals surface area contributed by atoms with Crippen LogP contribution in [-0.4, -0.2) is 26.6 Å². The van der Waals surface area contributed by atoms with Gasteiger partial charge in [-0.25, -0.2) is 0 Å². The molecule has 1 aliphatic rings. The van der Waals surface area contributed by atoms with Gasteiger partial charge in [0.15, 0.2) is 17.3 Å². The zero-order chi connectivity index (χ0) is 12.8. The van der Waals surface area contributed by atoms with E-state index in [4.69, 9.17) is 9.47 Å². The molecular weight excluding hydrogens is 264 g/mol. The summed E-state index contributed by atoms with van der Waals surface area (Å²) >= 11 is 1.51. The van der Waals surface area contributed by atoms with Crippen LogP contribution in [0.15, 0.2) is 18.2 Å². The van der Waals surface area contributed by atoms with Crippen molar-refractivity contribution in [2.45, 2.75) is 13.3 Å². The molecule has 0 spiro atoms. The Kier molecular flexibility index (Phi) is 2.22. The average molecular weight is 274 g/mol. The summed E-state index contributed by atoms with van der Waals surface area (Å²) in [4.78, 5) is 0.810. The van der Waals surface area contributed by atoms with Crippen molar-refractivity contribution in [2.24, 2.45) is 0 Å². The van der Waals surface area contributed by atoms with Gasteiger partial charge >= 0.3 is 0 Å². The van der Waals surface area contributed by atoms with Crippen LogP contribution in [0, 0.1) is 0 Å². The van der Waals surface area contributed by atoms with Gasteiger partial charge < -0.3 is 9.47 Å². The molecule has 3 aromatic rings. The molecule has 0 radical (unpaired) electrons. The van der Waals surface area contributed by atoms with E-state index < -0.39 is 0 Å². The van der Waals surface area contributed by atoms with Crippen LogP contribution in [-0.2, 0) is 6.42 Å². The van der Waals surface area contributed by atoms with Crippen molar-refractivity contribution in [3.63, 3.8) is 0 Å². The Bertz CT molecular complexity index is 764. The van der Waals surface area contributed by atoms with Gasteiger partial charge in [0.25, 0.3) is 0 Å². The van der Waals surface area contributed by atoms with Crippen LogP contribution in [0.2, 0.25) is 0 Å². The number of hydrogen-bond donors (Lipinski definition) is 0. The molecule has 0 bridgehead atoms. The number of hydrogen-bond acceptors (Lipinski definition) is 6. The third-order valence-electron chi connectivity index (χ3n) is 2.99. The van der Waals surface area contributed by atoms with E-state index in [1.165, 1.54) is 11.3 Å². The minimum atomic E-state index is 0.282. The number of aromatic nitrogens is 4. The lowest BCUT2D eigenvalue weighted by Gasteiger charge is -1.98. The topological polar surface area (TPSA) is 61.5 Å². The molecule has 0 N–H and O–H groups in total. The molecule has 7 heteroatoms. The Labute approximate surface area is 112 Å². The molecule has 0 saturated carbocycles. The van der Waals surface area contributed by atoms with Gasteiger partial charge in [0.2, 0.25) is 11.8 Å². The predicted molar refractivity (Wildman–Crippen MR) is 69.6 cm³/mol. The first-order valence-corrected chi connectivity index (χ1v) is 6.78. The van der Waals surface area contributed by atoms with Crippen LogP contribution in [0.3, 0.4) is 0 Å². The predicted octanol–water partition coefficient (Wildman–Crippen LogP) is 2.14. The molecule has 4 rings (SSSR count). The van der Waals surface area contributed by atoms with Crippen molar-refractivity contribution >= 4 is 16.3 Å². The van der Waals surface area contributed by atoms with Gasteiger partial charge in [-0.15, -0.1) is 10.2 Å². The normalized spacial score (nSPS) is 13.3. The first kappa shape index (κ1) is 10.7. The van der Waals surface area contributed by atoms with E-state index in [1.54, 1.807) is 4.52 Å².